The summed E-state index contributed by atoms with van der Waals surface area (Å²) in [6, 6.07) is 12.1. The van der Waals surface area contributed by atoms with Gasteiger partial charge in [-0.15, -0.1) is 0 Å². The molecule has 0 aromatic heterocycles. The SMILES string of the molecule is CC(=O)N1CCc2cccc(NS(=O)(=O)c3ccc(C)cc3)c21. The van der Waals surface area contributed by atoms with Gasteiger partial charge in [0.15, 0.2) is 0 Å². The number of hydrogen-bond donors (Lipinski definition) is 1. The molecule has 1 heterocycles. The van der Waals surface area contributed by atoms with Crippen molar-refractivity contribution in [3.8, 4) is 0 Å². The van der Waals surface area contributed by atoms with Crippen LogP contribution < -0.4 is 9.62 Å². The number of nitrogens with zero attached hydrogens (tertiary/aromatic N) is 1. The van der Waals surface area contributed by atoms with Crippen LogP contribution in [0.3, 0.4) is 0 Å². The molecule has 1 aliphatic rings. The summed E-state index contributed by atoms with van der Waals surface area (Å²) in [7, 11) is -3.69. The van der Waals surface area contributed by atoms with Crippen molar-refractivity contribution >= 4 is 27.3 Å². The van der Waals surface area contributed by atoms with Crippen LogP contribution in [0.1, 0.15) is 18.1 Å². The summed E-state index contributed by atoms with van der Waals surface area (Å²) in [5.41, 5.74) is 3.07. The first-order valence-electron chi connectivity index (χ1n) is 7.38. The van der Waals surface area contributed by atoms with E-state index < -0.39 is 10.0 Å². The first-order chi connectivity index (χ1) is 10.9. The lowest BCUT2D eigenvalue weighted by Gasteiger charge is -2.19. The van der Waals surface area contributed by atoms with Crippen LogP contribution >= 0.6 is 0 Å². The first kappa shape index (κ1) is 15.6. The van der Waals surface area contributed by atoms with E-state index in [0.717, 1.165) is 17.5 Å². The standard InChI is InChI=1S/C17H18N2O3S/c1-12-6-8-15(9-7-12)23(21,22)18-16-5-3-4-14-10-11-19(13(2)20)17(14)16/h3-9,18H,10-11H2,1-2H3. The molecule has 5 nitrogen and oxygen atoms in total. The maximum absolute atomic E-state index is 12.6. The lowest BCUT2D eigenvalue weighted by Crippen LogP contribution is -2.27. The molecule has 0 fully saturated rings. The van der Waals surface area contributed by atoms with E-state index in [9.17, 15) is 13.2 Å². The zero-order valence-electron chi connectivity index (χ0n) is 13.0. The monoisotopic (exact) mass is 330 g/mol. The number of hydrogen-bond acceptors (Lipinski definition) is 3. The maximum Gasteiger partial charge on any atom is 0.261 e. The molecule has 0 bridgehead atoms. The number of rotatable bonds is 3. The second-order valence-electron chi connectivity index (χ2n) is 5.65. The fourth-order valence-electron chi connectivity index (χ4n) is 2.77. The fourth-order valence-corrected chi connectivity index (χ4v) is 3.84. The van der Waals surface area contributed by atoms with E-state index in [4.69, 9.17) is 0 Å². The topological polar surface area (TPSA) is 66.5 Å². The lowest BCUT2D eigenvalue weighted by atomic mass is 10.1. The van der Waals surface area contributed by atoms with Crippen LogP contribution in [0.2, 0.25) is 0 Å². The Kier molecular flexibility index (Phi) is 3.85. The van der Waals surface area contributed by atoms with Gasteiger partial charge in [-0.25, -0.2) is 8.42 Å². The molecular weight excluding hydrogens is 312 g/mol. The van der Waals surface area contributed by atoms with Gasteiger partial charge in [-0.3, -0.25) is 9.52 Å². The van der Waals surface area contributed by atoms with Crippen molar-refractivity contribution in [2.45, 2.75) is 25.2 Å². The van der Waals surface area contributed by atoms with Gasteiger partial charge < -0.3 is 4.90 Å². The zero-order valence-corrected chi connectivity index (χ0v) is 13.9. The number of sulfonamides is 1. The quantitative estimate of drug-likeness (QED) is 0.941. The second-order valence-corrected chi connectivity index (χ2v) is 7.33. The molecule has 120 valence electrons. The predicted molar refractivity (Wildman–Crippen MR) is 90.2 cm³/mol. The van der Waals surface area contributed by atoms with E-state index in [-0.39, 0.29) is 10.8 Å². The molecule has 23 heavy (non-hydrogen) atoms. The third-order valence-electron chi connectivity index (χ3n) is 3.95. The first-order valence-corrected chi connectivity index (χ1v) is 8.86. The smallest absolute Gasteiger partial charge is 0.261 e. The highest BCUT2D eigenvalue weighted by molar-refractivity contribution is 7.92. The van der Waals surface area contributed by atoms with E-state index in [1.807, 2.05) is 13.0 Å². The minimum absolute atomic E-state index is 0.0919. The zero-order chi connectivity index (χ0) is 16.6. The largest absolute Gasteiger partial charge is 0.310 e. The number of benzene rings is 2. The van der Waals surface area contributed by atoms with Crippen molar-refractivity contribution in [3.63, 3.8) is 0 Å². The molecule has 0 atom stereocenters. The molecule has 0 saturated carbocycles. The Morgan fingerprint density at radius 1 is 1.13 bits per heavy atom. The molecule has 0 aliphatic carbocycles. The van der Waals surface area contributed by atoms with E-state index in [0.29, 0.717) is 17.9 Å². The van der Waals surface area contributed by atoms with Crippen LogP contribution in [0, 0.1) is 6.92 Å². The van der Waals surface area contributed by atoms with Crippen LogP contribution in [-0.2, 0) is 21.2 Å². The minimum Gasteiger partial charge on any atom is -0.310 e. The van der Waals surface area contributed by atoms with Crippen molar-refractivity contribution in [1.82, 2.24) is 0 Å². The summed E-state index contributed by atoms with van der Waals surface area (Å²) in [5.74, 6) is -0.0919. The summed E-state index contributed by atoms with van der Waals surface area (Å²) in [4.78, 5) is 13.6. The third-order valence-corrected chi connectivity index (χ3v) is 5.33. The van der Waals surface area contributed by atoms with Crippen LogP contribution in [0.4, 0.5) is 11.4 Å². The lowest BCUT2D eigenvalue weighted by molar-refractivity contribution is -0.116. The molecule has 2 aromatic rings. The molecule has 0 spiro atoms. The van der Waals surface area contributed by atoms with Crippen LogP contribution in [0.5, 0.6) is 0 Å². The average molecular weight is 330 g/mol. The second kappa shape index (κ2) is 5.70. The van der Waals surface area contributed by atoms with E-state index in [1.165, 1.54) is 6.92 Å². The van der Waals surface area contributed by atoms with Gasteiger partial charge in [0.25, 0.3) is 10.0 Å². The minimum atomic E-state index is -3.69. The number of amides is 1. The number of carbonyl (C=O) groups is 1. The van der Waals surface area contributed by atoms with Crippen molar-refractivity contribution in [2.24, 2.45) is 0 Å². The van der Waals surface area contributed by atoms with Crippen molar-refractivity contribution in [1.29, 1.82) is 0 Å². The average Bonchev–Trinajstić information content (AvgIpc) is 2.92. The third kappa shape index (κ3) is 2.94. The van der Waals surface area contributed by atoms with Crippen molar-refractivity contribution in [3.05, 3.63) is 53.6 Å². The number of anilines is 2. The van der Waals surface area contributed by atoms with Gasteiger partial charge in [0.05, 0.1) is 16.3 Å². The van der Waals surface area contributed by atoms with Gasteiger partial charge in [0.1, 0.15) is 0 Å². The Hall–Kier alpha value is -2.34. The maximum atomic E-state index is 12.6. The number of nitrogens with one attached hydrogen (secondary N) is 1. The van der Waals surface area contributed by atoms with E-state index >= 15 is 0 Å². The van der Waals surface area contributed by atoms with Gasteiger partial charge in [-0.1, -0.05) is 29.8 Å². The molecule has 1 amide bonds. The highest BCUT2D eigenvalue weighted by atomic mass is 32.2. The molecule has 1 aliphatic heterocycles. The summed E-state index contributed by atoms with van der Waals surface area (Å²) >= 11 is 0. The van der Waals surface area contributed by atoms with Crippen LogP contribution in [0.25, 0.3) is 0 Å². The van der Waals surface area contributed by atoms with Crippen molar-refractivity contribution in [2.75, 3.05) is 16.2 Å². The molecule has 0 unspecified atom stereocenters. The normalized spacial score (nSPS) is 13.7. The molecule has 1 N–H and O–H groups in total. The highest BCUT2D eigenvalue weighted by Crippen LogP contribution is 2.36. The Morgan fingerprint density at radius 3 is 2.48 bits per heavy atom. The van der Waals surface area contributed by atoms with Gasteiger partial charge in [0, 0.05) is 13.5 Å². The van der Waals surface area contributed by atoms with Crippen LogP contribution in [0.15, 0.2) is 47.4 Å². The van der Waals surface area contributed by atoms with E-state index in [2.05, 4.69) is 4.72 Å². The van der Waals surface area contributed by atoms with Crippen LogP contribution in [-0.4, -0.2) is 20.9 Å². The summed E-state index contributed by atoms with van der Waals surface area (Å²) < 4.78 is 27.8. The Bertz CT molecular complexity index is 858. The molecule has 6 heteroatoms. The molecular formula is C17H18N2O3S. The highest BCUT2D eigenvalue weighted by Gasteiger charge is 2.27. The van der Waals surface area contributed by atoms with Gasteiger partial charge in [-0.2, -0.15) is 0 Å². The molecule has 2 aromatic carbocycles. The number of fused-ring (bicyclic) bond motifs is 1. The summed E-state index contributed by atoms with van der Waals surface area (Å²) in [6.07, 6.45) is 0.731. The Labute approximate surface area is 136 Å². The Balaban J connectivity index is 2.00. The fraction of sp³-hybridized carbons (Fsp3) is 0.235. The van der Waals surface area contributed by atoms with Gasteiger partial charge in [0.2, 0.25) is 5.91 Å². The molecule has 0 saturated heterocycles. The van der Waals surface area contributed by atoms with E-state index in [1.54, 1.807) is 41.3 Å². The van der Waals surface area contributed by atoms with Gasteiger partial charge >= 0.3 is 0 Å². The van der Waals surface area contributed by atoms with Crippen molar-refractivity contribution < 1.29 is 13.2 Å². The number of aryl methyl sites for hydroxylation is 1. The molecule has 3 rings (SSSR count). The Morgan fingerprint density at radius 2 is 1.83 bits per heavy atom. The summed E-state index contributed by atoms with van der Waals surface area (Å²) in [5, 5.41) is 0. The molecule has 0 radical (unpaired) electrons. The predicted octanol–water partition coefficient (Wildman–Crippen LogP) is 2.70. The summed E-state index contributed by atoms with van der Waals surface area (Å²) in [6.45, 7) is 3.97. The number of para-hydroxylation sites is 1. The number of carbonyl (C=O) groups excluding carboxylic acids is 1. The van der Waals surface area contributed by atoms with Gasteiger partial charge in [-0.05, 0) is 37.1 Å².